The van der Waals surface area contributed by atoms with Crippen molar-refractivity contribution in [2.45, 2.75) is 37.6 Å². The third-order valence-electron chi connectivity index (χ3n) is 6.41. The smallest absolute Gasteiger partial charge is 0.248 e. The molecule has 2 aromatic rings. The minimum absolute atomic E-state index is 0.0442. The van der Waals surface area contributed by atoms with E-state index in [1.165, 1.54) is 0 Å². The molecule has 0 bridgehead atoms. The first-order valence-corrected chi connectivity index (χ1v) is 11.2. The monoisotopic (exact) mass is 437 g/mol. The zero-order chi connectivity index (χ0) is 22.7. The molecule has 2 aliphatic rings. The molecule has 3 heterocycles. The Balaban J connectivity index is 1.51. The normalized spacial score (nSPS) is 19.5. The highest BCUT2D eigenvalue weighted by Crippen LogP contribution is 2.32. The lowest BCUT2D eigenvalue weighted by Crippen LogP contribution is -2.39. The second-order valence-corrected chi connectivity index (χ2v) is 8.88. The molecule has 4 rings (SSSR count). The average molecular weight is 438 g/mol. The standard InChI is InChI=1S/C24H31N5O3/c1-27(2)21-13-20(19-12-22(31)29(15-19)14-17-6-4-3-5-7-17)25-24(26-21)18-8-10-28(11-9-18)23(32)16-30/h3-7,13,18-19,30H,8-12,14-16H2,1-2H3/t19-/m0/s1. The minimum Gasteiger partial charge on any atom is -0.387 e. The van der Waals surface area contributed by atoms with Gasteiger partial charge in [0.2, 0.25) is 11.8 Å². The molecule has 32 heavy (non-hydrogen) atoms. The summed E-state index contributed by atoms with van der Waals surface area (Å²) in [4.78, 5) is 39.8. The highest BCUT2D eigenvalue weighted by atomic mass is 16.3. The van der Waals surface area contributed by atoms with Gasteiger partial charge in [-0.25, -0.2) is 9.97 Å². The van der Waals surface area contributed by atoms with Crippen LogP contribution in [0.2, 0.25) is 0 Å². The fourth-order valence-electron chi connectivity index (χ4n) is 4.51. The van der Waals surface area contributed by atoms with Crippen molar-refractivity contribution < 1.29 is 14.7 Å². The number of aliphatic hydroxyl groups excluding tert-OH is 1. The molecule has 2 aliphatic heterocycles. The number of aromatic nitrogens is 2. The second-order valence-electron chi connectivity index (χ2n) is 8.88. The van der Waals surface area contributed by atoms with Gasteiger partial charge in [0.1, 0.15) is 18.2 Å². The summed E-state index contributed by atoms with van der Waals surface area (Å²) in [7, 11) is 3.92. The topological polar surface area (TPSA) is 89.9 Å². The van der Waals surface area contributed by atoms with Crippen molar-refractivity contribution in [1.29, 1.82) is 0 Å². The Bertz CT molecular complexity index is 957. The first-order valence-electron chi connectivity index (χ1n) is 11.2. The van der Waals surface area contributed by atoms with E-state index in [-0.39, 0.29) is 23.7 Å². The summed E-state index contributed by atoms with van der Waals surface area (Å²) in [6.45, 7) is 2.02. The molecule has 0 saturated carbocycles. The van der Waals surface area contributed by atoms with E-state index in [9.17, 15) is 9.59 Å². The zero-order valence-electron chi connectivity index (χ0n) is 18.8. The van der Waals surface area contributed by atoms with Crippen LogP contribution < -0.4 is 4.90 Å². The largest absolute Gasteiger partial charge is 0.387 e. The van der Waals surface area contributed by atoms with Crippen LogP contribution in [0.5, 0.6) is 0 Å². The summed E-state index contributed by atoms with van der Waals surface area (Å²) in [5.41, 5.74) is 2.04. The molecular formula is C24H31N5O3. The van der Waals surface area contributed by atoms with Crippen molar-refractivity contribution in [3.63, 3.8) is 0 Å². The summed E-state index contributed by atoms with van der Waals surface area (Å²) >= 11 is 0. The number of amides is 2. The molecule has 0 radical (unpaired) electrons. The van der Waals surface area contributed by atoms with Crippen LogP contribution in [0.25, 0.3) is 0 Å². The molecule has 0 unspecified atom stereocenters. The second kappa shape index (κ2) is 9.65. The Morgan fingerprint density at radius 3 is 2.50 bits per heavy atom. The number of likely N-dealkylation sites (tertiary alicyclic amines) is 2. The molecule has 1 atom stereocenters. The zero-order valence-corrected chi connectivity index (χ0v) is 18.8. The number of carbonyl (C=O) groups is 2. The molecule has 0 aliphatic carbocycles. The molecule has 2 saturated heterocycles. The quantitative estimate of drug-likeness (QED) is 0.741. The van der Waals surface area contributed by atoms with E-state index >= 15 is 0 Å². The Labute approximate surface area is 188 Å². The van der Waals surface area contributed by atoms with Gasteiger partial charge in [0.25, 0.3) is 0 Å². The lowest BCUT2D eigenvalue weighted by Gasteiger charge is -2.31. The van der Waals surface area contributed by atoms with Gasteiger partial charge in [-0.2, -0.15) is 0 Å². The van der Waals surface area contributed by atoms with Crippen LogP contribution in [-0.2, 0) is 16.1 Å². The Morgan fingerprint density at radius 2 is 1.84 bits per heavy atom. The summed E-state index contributed by atoms with van der Waals surface area (Å²) in [6.07, 6.45) is 2.00. The average Bonchev–Trinajstić information content (AvgIpc) is 3.19. The maximum absolute atomic E-state index is 12.7. The number of carbonyl (C=O) groups excluding carboxylic acids is 2. The number of aliphatic hydroxyl groups is 1. The third-order valence-corrected chi connectivity index (χ3v) is 6.41. The lowest BCUT2D eigenvalue weighted by atomic mass is 9.95. The third kappa shape index (κ3) is 4.91. The van der Waals surface area contributed by atoms with Gasteiger partial charge in [0.15, 0.2) is 0 Å². The number of nitrogens with zero attached hydrogens (tertiary/aromatic N) is 5. The summed E-state index contributed by atoms with van der Waals surface area (Å²) < 4.78 is 0. The van der Waals surface area contributed by atoms with Crippen LogP contribution in [-0.4, -0.2) is 77.0 Å². The molecule has 1 aromatic carbocycles. The van der Waals surface area contributed by atoms with Gasteiger partial charge in [-0.1, -0.05) is 30.3 Å². The van der Waals surface area contributed by atoms with E-state index in [2.05, 4.69) is 0 Å². The number of rotatable bonds is 6. The molecule has 0 spiro atoms. The van der Waals surface area contributed by atoms with Crippen LogP contribution in [0.15, 0.2) is 36.4 Å². The first-order chi connectivity index (χ1) is 15.4. The van der Waals surface area contributed by atoms with E-state index in [0.29, 0.717) is 32.6 Å². The van der Waals surface area contributed by atoms with Gasteiger partial charge in [0, 0.05) is 64.6 Å². The fraction of sp³-hybridized carbons (Fsp3) is 0.500. The SMILES string of the molecule is CN(C)c1cc([C@H]2CC(=O)N(Cc3ccccc3)C2)nc(C2CCN(C(=O)CO)CC2)n1. The molecule has 8 nitrogen and oxygen atoms in total. The Kier molecular flexibility index (Phi) is 6.69. The molecule has 8 heteroatoms. The molecule has 1 N–H and O–H groups in total. The fourth-order valence-corrected chi connectivity index (χ4v) is 4.51. The van der Waals surface area contributed by atoms with E-state index < -0.39 is 6.61 Å². The van der Waals surface area contributed by atoms with Crippen LogP contribution in [0.4, 0.5) is 5.82 Å². The van der Waals surface area contributed by atoms with Crippen LogP contribution in [0.1, 0.15) is 48.2 Å². The Morgan fingerprint density at radius 1 is 1.12 bits per heavy atom. The van der Waals surface area contributed by atoms with E-state index in [0.717, 1.165) is 35.7 Å². The van der Waals surface area contributed by atoms with Crippen molar-refractivity contribution in [1.82, 2.24) is 19.8 Å². The van der Waals surface area contributed by atoms with Crippen LogP contribution >= 0.6 is 0 Å². The summed E-state index contributed by atoms with van der Waals surface area (Å²) in [5.74, 6) is 1.76. The van der Waals surface area contributed by atoms with Crippen molar-refractivity contribution in [2.75, 3.05) is 45.2 Å². The predicted octanol–water partition coefficient (Wildman–Crippen LogP) is 1.76. The van der Waals surface area contributed by atoms with E-state index in [1.807, 2.05) is 60.3 Å². The molecule has 2 amide bonds. The van der Waals surface area contributed by atoms with Gasteiger partial charge < -0.3 is 19.8 Å². The van der Waals surface area contributed by atoms with Gasteiger partial charge >= 0.3 is 0 Å². The van der Waals surface area contributed by atoms with Crippen molar-refractivity contribution >= 4 is 17.6 Å². The molecule has 2 fully saturated rings. The van der Waals surface area contributed by atoms with Crippen LogP contribution in [0.3, 0.4) is 0 Å². The van der Waals surface area contributed by atoms with Crippen molar-refractivity contribution in [3.8, 4) is 0 Å². The van der Waals surface area contributed by atoms with E-state index in [4.69, 9.17) is 15.1 Å². The van der Waals surface area contributed by atoms with Gasteiger partial charge in [0.05, 0.1) is 5.69 Å². The Hall–Kier alpha value is -3.00. The maximum Gasteiger partial charge on any atom is 0.248 e. The highest BCUT2D eigenvalue weighted by Gasteiger charge is 2.33. The number of anilines is 1. The summed E-state index contributed by atoms with van der Waals surface area (Å²) in [6, 6.07) is 12.0. The first kappa shape index (κ1) is 22.2. The van der Waals surface area contributed by atoms with Crippen LogP contribution in [0, 0.1) is 0 Å². The number of hydrogen-bond donors (Lipinski definition) is 1. The molecule has 1 aromatic heterocycles. The molecular weight excluding hydrogens is 406 g/mol. The van der Waals surface area contributed by atoms with Gasteiger partial charge in [-0.05, 0) is 18.4 Å². The highest BCUT2D eigenvalue weighted by molar-refractivity contribution is 5.79. The van der Waals surface area contributed by atoms with Crippen molar-refractivity contribution in [2.24, 2.45) is 0 Å². The summed E-state index contributed by atoms with van der Waals surface area (Å²) in [5, 5.41) is 9.11. The van der Waals surface area contributed by atoms with Gasteiger partial charge in [-0.3, -0.25) is 9.59 Å². The number of benzene rings is 1. The van der Waals surface area contributed by atoms with E-state index in [1.54, 1.807) is 4.90 Å². The number of hydrogen-bond acceptors (Lipinski definition) is 6. The number of piperidine rings is 1. The molecule has 170 valence electrons. The maximum atomic E-state index is 12.7. The predicted molar refractivity (Wildman–Crippen MR) is 121 cm³/mol. The lowest BCUT2D eigenvalue weighted by molar-refractivity contribution is -0.135. The van der Waals surface area contributed by atoms with Crippen molar-refractivity contribution in [3.05, 3.63) is 53.5 Å². The van der Waals surface area contributed by atoms with Gasteiger partial charge in [-0.15, -0.1) is 0 Å². The minimum atomic E-state index is -0.448.